The van der Waals surface area contributed by atoms with Gasteiger partial charge >= 0.3 is 5.97 Å². The van der Waals surface area contributed by atoms with Crippen molar-refractivity contribution < 1.29 is 19.1 Å². The van der Waals surface area contributed by atoms with Crippen molar-refractivity contribution in [2.24, 2.45) is 5.92 Å². The summed E-state index contributed by atoms with van der Waals surface area (Å²) in [6.45, 7) is 4.22. The molecular formula is C19H16BrNO4. The average Bonchev–Trinajstić information content (AvgIpc) is 2.81. The predicted molar refractivity (Wildman–Crippen MR) is 95.7 cm³/mol. The van der Waals surface area contributed by atoms with Crippen molar-refractivity contribution in [3.8, 4) is 5.75 Å². The van der Waals surface area contributed by atoms with Gasteiger partial charge in [0.25, 0.3) is 11.8 Å². The zero-order chi connectivity index (χ0) is 18.1. The molecule has 0 fully saturated rings. The zero-order valence-corrected chi connectivity index (χ0v) is 15.4. The highest BCUT2D eigenvalue weighted by Gasteiger charge is 2.36. The van der Waals surface area contributed by atoms with Gasteiger partial charge in [-0.3, -0.25) is 14.5 Å². The minimum absolute atomic E-state index is 0.170. The van der Waals surface area contributed by atoms with Crippen LogP contribution in [-0.4, -0.2) is 29.2 Å². The number of benzene rings is 2. The van der Waals surface area contributed by atoms with E-state index in [1.807, 2.05) is 13.8 Å². The lowest BCUT2D eigenvalue weighted by molar-refractivity contribution is 0.0635. The van der Waals surface area contributed by atoms with Gasteiger partial charge in [-0.05, 0) is 48.4 Å². The molecule has 5 nitrogen and oxygen atoms in total. The first-order valence-electron chi connectivity index (χ1n) is 7.85. The van der Waals surface area contributed by atoms with E-state index in [0.29, 0.717) is 17.9 Å². The van der Waals surface area contributed by atoms with Crippen molar-refractivity contribution >= 4 is 33.7 Å². The second-order valence-electron chi connectivity index (χ2n) is 6.22. The maximum absolute atomic E-state index is 12.5. The number of imide groups is 1. The van der Waals surface area contributed by atoms with Gasteiger partial charge in [0.05, 0.1) is 16.7 Å². The first-order chi connectivity index (χ1) is 11.9. The first-order valence-corrected chi connectivity index (χ1v) is 8.64. The Labute approximate surface area is 153 Å². The third-order valence-electron chi connectivity index (χ3n) is 3.78. The normalized spacial score (nSPS) is 13.4. The summed E-state index contributed by atoms with van der Waals surface area (Å²) in [5.74, 6) is -0.692. The minimum Gasteiger partial charge on any atom is -0.423 e. The Balaban J connectivity index is 1.84. The zero-order valence-electron chi connectivity index (χ0n) is 13.8. The fourth-order valence-electron chi connectivity index (χ4n) is 2.62. The summed E-state index contributed by atoms with van der Waals surface area (Å²) in [6, 6.07) is 11.3. The highest BCUT2D eigenvalue weighted by molar-refractivity contribution is 9.10. The molecular weight excluding hydrogens is 386 g/mol. The average molecular weight is 402 g/mol. The van der Waals surface area contributed by atoms with Crippen LogP contribution in [0, 0.1) is 5.92 Å². The summed E-state index contributed by atoms with van der Waals surface area (Å²) in [4.78, 5) is 38.3. The maximum atomic E-state index is 12.5. The third kappa shape index (κ3) is 3.49. The van der Waals surface area contributed by atoms with E-state index in [1.165, 1.54) is 23.1 Å². The molecule has 1 aliphatic rings. The monoisotopic (exact) mass is 401 g/mol. The lowest BCUT2D eigenvalue weighted by atomic mass is 10.1. The molecule has 0 unspecified atom stereocenters. The van der Waals surface area contributed by atoms with Crippen LogP contribution >= 0.6 is 15.9 Å². The minimum atomic E-state index is -0.576. The number of rotatable bonds is 4. The van der Waals surface area contributed by atoms with E-state index in [-0.39, 0.29) is 28.9 Å². The van der Waals surface area contributed by atoms with E-state index in [4.69, 9.17) is 4.74 Å². The van der Waals surface area contributed by atoms with Crippen molar-refractivity contribution in [3.05, 3.63) is 63.6 Å². The number of hydrogen-bond donors (Lipinski definition) is 0. The third-order valence-corrected chi connectivity index (χ3v) is 4.31. The van der Waals surface area contributed by atoms with E-state index >= 15 is 0 Å². The summed E-state index contributed by atoms with van der Waals surface area (Å²) >= 11 is 3.31. The summed E-state index contributed by atoms with van der Waals surface area (Å²) in [5.41, 5.74) is 0.802. The number of esters is 1. The van der Waals surface area contributed by atoms with Crippen LogP contribution in [0.4, 0.5) is 0 Å². The molecule has 0 saturated heterocycles. The van der Waals surface area contributed by atoms with Crippen LogP contribution in [0.15, 0.2) is 46.9 Å². The van der Waals surface area contributed by atoms with Crippen LogP contribution < -0.4 is 4.74 Å². The number of fused-ring (bicyclic) bond motifs is 1. The van der Waals surface area contributed by atoms with E-state index in [0.717, 1.165) is 4.47 Å². The van der Waals surface area contributed by atoms with Crippen LogP contribution in [0.25, 0.3) is 0 Å². The lowest BCUT2D eigenvalue weighted by Gasteiger charge is -2.15. The van der Waals surface area contributed by atoms with Crippen molar-refractivity contribution in [1.29, 1.82) is 0 Å². The highest BCUT2D eigenvalue weighted by Crippen LogP contribution is 2.25. The Morgan fingerprint density at radius 2 is 1.68 bits per heavy atom. The van der Waals surface area contributed by atoms with Gasteiger partial charge in [0, 0.05) is 11.0 Å². The fraction of sp³-hybridized carbons (Fsp3) is 0.211. The van der Waals surface area contributed by atoms with Gasteiger partial charge in [0.15, 0.2) is 0 Å². The quantitative estimate of drug-likeness (QED) is 0.442. The number of carbonyl (C=O) groups is 3. The van der Waals surface area contributed by atoms with Gasteiger partial charge in [0.1, 0.15) is 5.75 Å². The van der Waals surface area contributed by atoms with Crippen LogP contribution in [0.5, 0.6) is 5.75 Å². The van der Waals surface area contributed by atoms with Gasteiger partial charge in [-0.2, -0.15) is 0 Å². The second-order valence-corrected chi connectivity index (χ2v) is 7.13. The standard InChI is InChI=1S/C19H16BrNO4/c1-11(2)10-21-17(22)15-8-3-12(9-16(15)18(21)23)19(24)25-14-6-4-13(20)5-7-14/h3-9,11H,10H2,1-2H3. The molecule has 1 aliphatic heterocycles. The summed E-state index contributed by atoms with van der Waals surface area (Å²) in [5, 5.41) is 0. The second kappa shape index (κ2) is 6.80. The molecule has 25 heavy (non-hydrogen) atoms. The molecule has 0 aromatic heterocycles. The Hall–Kier alpha value is -2.47. The first kappa shape index (κ1) is 17.4. The van der Waals surface area contributed by atoms with Gasteiger partial charge in [-0.1, -0.05) is 29.8 Å². The molecule has 2 aromatic carbocycles. The van der Waals surface area contributed by atoms with Gasteiger partial charge in [-0.25, -0.2) is 4.79 Å². The molecule has 2 aromatic rings. The summed E-state index contributed by atoms with van der Waals surface area (Å²) < 4.78 is 6.17. The molecule has 0 N–H and O–H groups in total. The predicted octanol–water partition coefficient (Wildman–Crippen LogP) is 3.92. The number of halogens is 1. The Bertz CT molecular complexity index is 858. The fourth-order valence-corrected chi connectivity index (χ4v) is 2.88. The van der Waals surface area contributed by atoms with E-state index in [1.54, 1.807) is 24.3 Å². The number of ether oxygens (including phenoxy) is 1. The van der Waals surface area contributed by atoms with Crippen LogP contribution in [0.2, 0.25) is 0 Å². The Kier molecular flexibility index (Phi) is 4.72. The van der Waals surface area contributed by atoms with Crippen molar-refractivity contribution in [3.63, 3.8) is 0 Å². The number of hydrogen-bond acceptors (Lipinski definition) is 4. The van der Waals surface area contributed by atoms with Crippen LogP contribution in [-0.2, 0) is 0 Å². The van der Waals surface area contributed by atoms with E-state index < -0.39 is 5.97 Å². The molecule has 0 radical (unpaired) electrons. The summed E-state index contributed by atoms with van der Waals surface area (Å²) in [6.07, 6.45) is 0. The van der Waals surface area contributed by atoms with Crippen molar-refractivity contribution in [1.82, 2.24) is 4.90 Å². The molecule has 0 atom stereocenters. The number of amides is 2. The Morgan fingerprint density at radius 3 is 2.32 bits per heavy atom. The Morgan fingerprint density at radius 1 is 1.04 bits per heavy atom. The van der Waals surface area contributed by atoms with Crippen LogP contribution in [0.1, 0.15) is 44.9 Å². The number of nitrogens with zero attached hydrogens (tertiary/aromatic N) is 1. The molecule has 0 saturated carbocycles. The van der Waals surface area contributed by atoms with Crippen molar-refractivity contribution in [2.45, 2.75) is 13.8 Å². The SMILES string of the molecule is CC(C)CN1C(=O)c2ccc(C(=O)Oc3ccc(Br)cc3)cc2C1=O. The molecule has 0 spiro atoms. The van der Waals surface area contributed by atoms with Crippen molar-refractivity contribution in [2.75, 3.05) is 6.54 Å². The summed E-state index contributed by atoms with van der Waals surface area (Å²) in [7, 11) is 0. The van der Waals surface area contributed by atoms with E-state index in [9.17, 15) is 14.4 Å². The topological polar surface area (TPSA) is 63.7 Å². The van der Waals surface area contributed by atoms with E-state index in [2.05, 4.69) is 15.9 Å². The van der Waals surface area contributed by atoms with Crippen LogP contribution in [0.3, 0.4) is 0 Å². The largest absolute Gasteiger partial charge is 0.423 e. The highest BCUT2D eigenvalue weighted by atomic mass is 79.9. The molecule has 128 valence electrons. The molecule has 1 heterocycles. The van der Waals surface area contributed by atoms with Gasteiger partial charge in [0.2, 0.25) is 0 Å². The molecule has 2 amide bonds. The number of carbonyl (C=O) groups excluding carboxylic acids is 3. The molecule has 0 aliphatic carbocycles. The smallest absolute Gasteiger partial charge is 0.343 e. The lowest BCUT2D eigenvalue weighted by Crippen LogP contribution is -2.33. The maximum Gasteiger partial charge on any atom is 0.343 e. The molecule has 6 heteroatoms. The van der Waals surface area contributed by atoms with Gasteiger partial charge < -0.3 is 4.74 Å². The molecule has 0 bridgehead atoms. The molecule has 3 rings (SSSR count). The van der Waals surface area contributed by atoms with Gasteiger partial charge in [-0.15, -0.1) is 0 Å².